The Balaban J connectivity index is 2.53. The van der Waals surface area contributed by atoms with Crippen molar-refractivity contribution in [1.82, 2.24) is 0 Å². The van der Waals surface area contributed by atoms with Crippen LogP contribution in [0.1, 0.15) is 19.8 Å². The number of anilines is 1. The van der Waals surface area contributed by atoms with Gasteiger partial charge in [0.25, 0.3) is 0 Å². The zero-order valence-electron chi connectivity index (χ0n) is 8.23. The second-order valence-electron chi connectivity index (χ2n) is 3.21. The number of carbonyl (C=O) groups is 1. The maximum atomic E-state index is 10.5. The molecule has 1 unspecified atom stereocenters. The van der Waals surface area contributed by atoms with Crippen molar-refractivity contribution < 1.29 is 9.90 Å². The summed E-state index contributed by atoms with van der Waals surface area (Å²) in [4.78, 5) is 10.5. The lowest BCUT2D eigenvalue weighted by Gasteiger charge is -2.15. The Morgan fingerprint density at radius 1 is 1.43 bits per heavy atom. The highest BCUT2D eigenvalue weighted by Gasteiger charge is 2.09. The van der Waals surface area contributed by atoms with Crippen molar-refractivity contribution >= 4 is 11.7 Å². The first kappa shape index (κ1) is 10.6. The summed E-state index contributed by atoms with van der Waals surface area (Å²) < 4.78 is 0. The number of para-hydroxylation sites is 1. The Bertz CT molecular complexity index is 285. The quantitative estimate of drug-likeness (QED) is 0.754. The Kier molecular flexibility index (Phi) is 3.98. The summed E-state index contributed by atoms with van der Waals surface area (Å²) >= 11 is 0. The molecular weight excluding hydrogens is 178 g/mol. The van der Waals surface area contributed by atoms with Crippen LogP contribution in [-0.2, 0) is 4.79 Å². The summed E-state index contributed by atoms with van der Waals surface area (Å²) in [6.07, 6.45) is 0.965. The molecule has 14 heavy (non-hydrogen) atoms. The molecule has 0 aliphatic rings. The Hall–Kier alpha value is -1.51. The lowest BCUT2D eigenvalue weighted by molar-refractivity contribution is -0.137. The second-order valence-corrected chi connectivity index (χ2v) is 3.21. The van der Waals surface area contributed by atoms with Gasteiger partial charge in [0.15, 0.2) is 0 Å². The minimum absolute atomic E-state index is 0.00917. The van der Waals surface area contributed by atoms with Gasteiger partial charge in [-0.05, 0) is 18.6 Å². The van der Waals surface area contributed by atoms with Crippen LogP contribution in [0.4, 0.5) is 5.69 Å². The molecule has 0 fully saturated rings. The average Bonchev–Trinajstić information content (AvgIpc) is 2.17. The Morgan fingerprint density at radius 2 is 2.07 bits per heavy atom. The van der Waals surface area contributed by atoms with E-state index < -0.39 is 5.97 Å². The van der Waals surface area contributed by atoms with E-state index in [0.29, 0.717) is 0 Å². The number of nitrogens with one attached hydrogen (secondary N) is 1. The van der Waals surface area contributed by atoms with Gasteiger partial charge in [-0.1, -0.05) is 25.1 Å². The molecule has 0 saturated heterocycles. The third-order valence-electron chi connectivity index (χ3n) is 2.06. The van der Waals surface area contributed by atoms with Gasteiger partial charge in [-0.25, -0.2) is 0 Å². The molecule has 1 aromatic carbocycles. The summed E-state index contributed by atoms with van der Waals surface area (Å²) in [6.45, 7) is 1.98. The van der Waals surface area contributed by atoms with Gasteiger partial charge in [-0.2, -0.15) is 0 Å². The van der Waals surface area contributed by atoms with E-state index >= 15 is 0 Å². The number of aliphatic carboxylic acids is 1. The van der Waals surface area contributed by atoms with Crippen molar-refractivity contribution in [3.63, 3.8) is 0 Å². The fourth-order valence-corrected chi connectivity index (χ4v) is 1.28. The van der Waals surface area contributed by atoms with Crippen LogP contribution in [0.2, 0.25) is 0 Å². The van der Waals surface area contributed by atoms with Gasteiger partial charge in [0.1, 0.15) is 0 Å². The molecule has 0 bridgehead atoms. The van der Waals surface area contributed by atoms with Crippen molar-refractivity contribution in [2.75, 3.05) is 5.32 Å². The predicted octanol–water partition coefficient (Wildman–Crippen LogP) is 2.35. The van der Waals surface area contributed by atoms with Gasteiger partial charge in [0.2, 0.25) is 0 Å². The smallest absolute Gasteiger partial charge is 0.305 e. The highest BCUT2D eigenvalue weighted by Crippen LogP contribution is 2.10. The second kappa shape index (κ2) is 5.27. The fourth-order valence-electron chi connectivity index (χ4n) is 1.28. The first-order valence-corrected chi connectivity index (χ1v) is 4.75. The highest BCUT2D eigenvalue weighted by atomic mass is 16.4. The third-order valence-corrected chi connectivity index (χ3v) is 2.06. The molecule has 0 spiro atoms. The number of carboxylic acid groups (broad SMARTS) is 1. The molecule has 0 amide bonds. The molecule has 1 atom stereocenters. The number of hydrogen-bond donors (Lipinski definition) is 2. The minimum atomic E-state index is -0.764. The van der Waals surface area contributed by atoms with E-state index in [1.54, 1.807) is 0 Å². The first-order chi connectivity index (χ1) is 6.72. The predicted molar refractivity (Wildman–Crippen MR) is 56.4 cm³/mol. The van der Waals surface area contributed by atoms with Crippen molar-refractivity contribution in [3.8, 4) is 0 Å². The Labute approximate surface area is 83.8 Å². The fraction of sp³-hybridized carbons (Fsp3) is 0.364. The lowest BCUT2D eigenvalue weighted by atomic mass is 10.1. The van der Waals surface area contributed by atoms with Crippen molar-refractivity contribution in [2.45, 2.75) is 25.8 Å². The molecule has 1 rings (SSSR count). The molecule has 0 aliphatic heterocycles. The summed E-state index contributed by atoms with van der Waals surface area (Å²) in [5, 5.41) is 11.8. The van der Waals surface area contributed by atoms with Crippen LogP contribution in [0.3, 0.4) is 0 Å². The zero-order chi connectivity index (χ0) is 10.4. The maximum absolute atomic E-state index is 10.5. The molecule has 0 aliphatic carbocycles. The van der Waals surface area contributed by atoms with E-state index in [0.717, 1.165) is 12.1 Å². The molecular formula is C11H15NO2. The first-order valence-electron chi connectivity index (χ1n) is 4.75. The third kappa shape index (κ3) is 3.47. The Morgan fingerprint density at radius 3 is 2.57 bits per heavy atom. The van der Waals surface area contributed by atoms with Gasteiger partial charge < -0.3 is 10.4 Å². The largest absolute Gasteiger partial charge is 0.481 e. The zero-order valence-corrected chi connectivity index (χ0v) is 8.23. The molecule has 0 saturated carbocycles. The van der Waals surface area contributed by atoms with E-state index in [2.05, 4.69) is 5.32 Å². The monoisotopic (exact) mass is 193 g/mol. The van der Waals surface area contributed by atoms with Crippen LogP contribution >= 0.6 is 0 Å². The molecule has 3 heteroatoms. The molecule has 0 aromatic heterocycles. The van der Waals surface area contributed by atoms with Crippen LogP contribution in [-0.4, -0.2) is 17.1 Å². The van der Waals surface area contributed by atoms with Gasteiger partial charge >= 0.3 is 5.97 Å². The molecule has 1 aromatic rings. The van der Waals surface area contributed by atoms with E-state index in [9.17, 15) is 4.79 Å². The van der Waals surface area contributed by atoms with Crippen LogP contribution in [0.15, 0.2) is 30.3 Å². The summed E-state index contributed by atoms with van der Waals surface area (Å²) in [6, 6.07) is 9.67. The van der Waals surface area contributed by atoms with Crippen LogP contribution in [0.5, 0.6) is 0 Å². The van der Waals surface area contributed by atoms with Gasteiger partial charge in [-0.3, -0.25) is 4.79 Å². The molecule has 3 nitrogen and oxygen atoms in total. The van der Waals surface area contributed by atoms with E-state index in [4.69, 9.17) is 5.11 Å². The topological polar surface area (TPSA) is 49.3 Å². The number of carboxylic acids is 1. The van der Waals surface area contributed by atoms with E-state index in [1.165, 1.54) is 0 Å². The van der Waals surface area contributed by atoms with Gasteiger partial charge in [0, 0.05) is 11.7 Å². The standard InChI is InChI=1S/C11H15NO2/c1-2-9(8-11(13)14)12-10-6-4-3-5-7-10/h3-7,9,12H,2,8H2,1H3,(H,13,14). The number of hydrogen-bond acceptors (Lipinski definition) is 2. The van der Waals surface area contributed by atoms with Crippen molar-refractivity contribution in [2.24, 2.45) is 0 Å². The summed E-state index contributed by atoms with van der Waals surface area (Å²) in [5.74, 6) is -0.764. The molecule has 0 heterocycles. The SMILES string of the molecule is CCC(CC(=O)O)Nc1ccccc1. The van der Waals surface area contributed by atoms with Crippen LogP contribution in [0.25, 0.3) is 0 Å². The lowest BCUT2D eigenvalue weighted by Crippen LogP contribution is -2.22. The normalized spacial score (nSPS) is 12.1. The van der Waals surface area contributed by atoms with Gasteiger partial charge in [0.05, 0.1) is 6.42 Å². The van der Waals surface area contributed by atoms with Crippen LogP contribution in [0, 0.1) is 0 Å². The van der Waals surface area contributed by atoms with E-state index in [-0.39, 0.29) is 12.5 Å². The molecule has 76 valence electrons. The number of rotatable bonds is 5. The van der Waals surface area contributed by atoms with Crippen LogP contribution < -0.4 is 5.32 Å². The minimum Gasteiger partial charge on any atom is -0.481 e. The molecule has 0 radical (unpaired) electrons. The maximum Gasteiger partial charge on any atom is 0.305 e. The average molecular weight is 193 g/mol. The molecule has 2 N–H and O–H groups in total. The van der Waals surface area contributed by atoms with Crippen molar-refractivity contribution in [1.29, 1.82) is 0 Å². The van der Waals surface area contributed by atoms with Crippen molar-refractivity contribution in [3.05, 3.63) is 30.3 Å². The summed E-state index contributed by atoms with van der Waals surface area (Å²) in [5.41, 5.74) is 0.973. The summed E-state index contributed by atoms with van der Waals surface area (Å²) in [7, 11) is 0. The highest BCUT2D eigenvalue weighted by molar-refractivity contribution is 5.68. The van der Waals surface area contributed by atoms with Gasteiger partial charge in [-0.15, -0.1) is 0 Å². The number of benzene rings is 1. The van der Waals surface area contributed by atoms with E-state index in [1.807, 2.05) is 37.3 Å².